The molecule has 64 heavy (non-hydrogen) atoms. The molecule has 308 valence electrons. The van der Waals surface area contributed by atoms with Crippen LogP contribution in [0.2, 0.25) is 0 Å². The first-order valence-corrected chi connectivity index (χ1v) is 20.4. The molecule has 8 aromatic carbocycles. The van der Waals surface area contributed by atoms with Crippen molar-refractivity contribution in [2.45, 2.75) is 33.0 Å². The fourth-order valence-corrected chi connectivity index (χ4v) is 8.11. The van der Waals surface area contributed by atoms with Gasteiger partial charge in [-0.25, -0.2) is 4.98 Å². The molecule has 0 saturated carbocycles. The predicted molar refractivity (Wildman–Crippen MR) is 262 cm³/mol. The summed E-state index contributed by atoms with van der Waals surface area (Å²) in [5, 5.41) is 1.57. The number of nitrogens with zero attached hydrogens (tertiary/aromatic N) is 4. The van der Waals surface area contributed by atoms with E-state index in [0.717, 1.165) is 10.8 Å². The average molecular weight is 845 g/mol. The standard InChI is InChI=1S/C59H46N4O/c1-40-33-57(60-38-52(40)43-23-12-7-13-24-43)63-53-28-15-14-27-48(53)49-32-31-47(37-56(49)63)64-46-26-18-25-45(36-46)61-39-62(55-30-17-16-29-54(55)61)58-50(41-19-8-5-9-20-41)34-44(59(2,3)4)35-51(58)42-21-10-6-11-22-42/h5-38H,1-4H3/i1D3,5D,6D,7D,8D,9D,10D,11D,12D,13D,19D,20D,21D,22D,23D,24D. The monoisotopic (exact) mass is 844 g/mol. The summed E-state index contributed by atoms with van der Waals surface area (Å²) in [6.07, 6.45) is 4.65. The van der Waals surface area contributed by atoms with Gasteiger partial charge >= 0.3 is 0 Å². The fourth-order valence-electron chi connectivity index (χ4n) is 8.11. The van der Waals surface area contributed by atoms with E-state index in [1.165, 1.54) is 12.3 Å². The smallest absolute Gasteiger partial charge is 0.269 e. The third kappa shape index (κ3) is 6.92. The van der Waals surface area contributed by atoms with Gasteiger partial charge in [0, 0.05) is 32.7 Å². The summed E-state index contributed by atoms with van der Waals surface area (Å²) in [6, 6.07) is 23.3. The second kappa shape index (κ2) is 15.7. The summed E-state index contributed by atoms with van der Waals surface area (Å²) in [5.74, 6) is 0.896. The van der Waals surface area contributed by atoms with Gasteiger partial charge in [0.15, 0.2) is 0 Å². The molecule has 5 heteroatoms. The van der Waals surface area contributed by atoms with E-state index in [-0.39, 0.29) is 50.4 Å². The van der Waals surface area contributed by atoms with Crippen LogP contribution in [-0.4, -0.2) is 14.1 Å². The highest BCUT2D eigenvalue weighted by Crippen LogP contribution is 2.40. The Morgan fingerprint density at radius 3 is 1.88 bits per heavy atom. The minimum Gasteiger partial charge on any atom is -0.458 e. The quantitative estimate of drug-likeness (QED) is 0.113. The Bertz CT molecular complexity index is 4360. The van der Waals surface area contributed by atoms with Crippen molar-refractivity contribution >= 4 is 32.8 Å². The maximum absolute atomic E-state index is 9.24. The molecule has 0 unspecified atom stereocenters. The van der Waals surface area contributed by atoms with Crippen molar-refractivity contribution in [1.82, 2.24) is 14.1 Å². The number of rotatable bonds is 8. The van der Waals surface area contributed by atoms with Crippen LogP contribution in [-0.2, 0) is 5.41 Å². The normalized spacial score (nSPS) is 15.9. The highest BCUT2D eigenvalue weighted by molar-refractivity contribution is 6.09. The van der Waals surface area contributed by atoms with E-state index < -0.39 is 103 Å². The summed E-state index contributed by atoms with van der Waals surface area (Å²) < 4.78 is 168. The van der Waals surface area contributed by atoms with Gasteiger partial charge in [0.05, 0.1) is 54.0 Å². The van der Waals surface area contributed by atoms with Gasteiger partial charge in [-0.3, -0.25) is 13.7 Å². The minimum atomic E-state index is -2.81. The second-order valence-corrected chi connectivity index (χ2v) is 16.1. The second-order valence-electron chi connectivity index (χ2n) is 16.1. The van der Waals surface area contributed by atoms with Crippen LogP contribution in [0.1, 0.15) is 56.6 Å². The summed E-state index contributed by atoms with van der Waals surface area (Å²) in [4.78, 5) is 4.69. The predicted octanol–water partition coefficient (Wildman–Crippen LogP) is 14.6. The van der Waals surface area contributed by atoms with E-state index in [0.29, 0.717) is 44.8 Å². The molecular weight excluding hydrogens is 781 g/mol. The molecule has 0 N–H and O–H groups in total. The summed E-state index contributed by atoms with van der Waals surface area (Å²) in [5.41, 5.74) is 2.00. The maximum atomic E-state index is 9.24. The van der Waals surface area contributed by atoms with Crippen molar-refractivity contribution in [3.8, 4) is 62.1 Å². The van der Waals surface area contributed by atoms with Gasteiger partial charge in [0.1, 0.15) is 17.3 Å². The number of para-hydroxylation sites is 3. The Hall–Kier alpha value is -8.02. The minimum absolute atomic E-state index is 0.120. The van der Waals surface area contributed by atoms with Gasteiger partial charge in [-0.05, 0) is 93.7 Å². The number of pyridine rings is 1. The summed E-state index contributed by atoms with van der Waals surface area (Å²) in [6.45, 7) is 2.91. The van der Waals surface area contributed by atoms with Crippen LogP contribution in [0.25, 0.3) is 83.4 Å². The van der Waals surface area contributed by atoms with E-state index >= 15 is 0 Å². The van der Waals surface area contributed by atoms with Crippen LogP contribution in [0.3, 0.4) is 0 Å². The number of hydrogen-bond donors (Lipinski definition) is 0. The summed E-state index contributed by atoms with van der Waals surface area (Å²) in [7, 11) is 0. The van der Waals surface area contributed by atoms with Crippen molar-refractivity contribution in [3.63, 3.8) is 0 Å². The van der Waals surface area contributed by atoms with E-state index in [2.05, 4.69) is 11.3 Å². The zero-order chi connectivity index (χ0) is 58.9. The van der Waals surface area contributed by atoms with Gasteiger partial charge in [-0.1, -0.05) is 172 Å². The molecule has 0 aliphatic carbocycles. The number of aromatic nitrogens is 4. The van der Waals surface area contributed by atoms with Crippen LogP contribution < -0.4 is 9.30 Å². The van der Waals surface area contributed by atoms with E-state index in [4.69, 9.17) is 23.9 Å². The van der Waals surface area contributed by atoms with Crippen LogP contribution in [0.4, 0.5) is 0 Å². The molecule has 0 saturated heterocycles. The highest BCUT2D eigenvalue weighted by Gasteiger charge is 2.24. The first kappa shape index (κ1) is 24.0. The molecule has 11 aromatic rings. The third-order valence-electron chi connectivity index (χ3n) is 11.1. The lowest BCUT2D eigenvalue weighted by molar-refractivity contribution is -0.571. The number of imidazole rings is 1. The van der Waals surface area contributed by atoms with Gasteiger partial charge in [0.25, 0.3) is 6.33 Å². The van der Waals surface area contributed by atoms with Crippen LogP contribution in [0, 0.1) is 13.2 Å². The van der Waals surface area contributed by atoms with Crippen molar-refractivity contribution < 1.29 is 34.0 Å². The molecule has 0 aliphatic rings. The van der Waals surface area contributed by atoms with E-state index in [1.807, 2.05) is 57.2 Å². The lowest BCUT2D eigenvalue weighted by atomic mass is 9.82. The molecule has 3 heterocycles. The Morgan fingerprint density at radius 2 is 1.20 bits per heavy atom. The molecule has 11 rings (SSSR count). The van der Waals surface area contributed by atoms with E-state index in [9.17, 15) is 5.48 Å². The lowest BCUT2D eigenvalue weighted by Gasteiger charge is -2.25. The Morgan fingerprint density at radius 1 is 0.594 bits per heavy atom. The van der Waals surface area contributed by atoms with Gasteiger partial charge < -0.3 is 4.74 Å². The number of fused-ring (bicyclic) bond motifs is 4. The van der Waals surface area contributed by atoms with Crippen molar-refractivity contribution in [2.75, 3.05) is 0 Å². The topological polar surface area (TPSA) is 35.9 Å². The average Bonchev–Trinajstić information content (AvgIpc) is 4.19. The van der Waals surface area contributed by atoms with Crippen molar-refractivity contribution in [3.05, 3.63) is 223 Å². The van der Waals surface area contributed by atoms with Crippen molar-refractivity contribution in [1.29, 1.82) is 0 Å². The largest absolute Gasteiger partial charge is 0.458 e. The highest BCUT2D eigenvalue weighted by atomic mass is 16.5. The molecule has 0 spiro atoms. The van der Waals surface area contributed by atoms with E-state index in [1.54, 1.807) is 80.4 Å². The SMILES string of the molecule is [2H]c1c([2H])c([2H])c(-c2cnc(-n3c4ccccc4c4ccc(Oc5cccc(-n6[c-][n+](-c7c(-c8c([2H])c([2H])c([2H])c([2H])c8[2H])cc(C(C)(C)C)cc7-c7c([2H])c([2H])c([2H])c([2H])c7[2H])c7ccccc76)c5)cc43)cc2C([2H])([2H])[2H])c([2H])c1[2H]. The molecule has 0 bridgehead atoms. The number of ether oxygens (including phenoxy) is 1. The third-order valence-corrected chi connectivity index (χ3v) is 11.1. The Kier molecular flexibility index (Phi) is 5.89. The van der Waals surface area contributed by atoms with Crippen LogP contribution in [0.5, 0.6) is 11.5 Å². The molecule has 0 radical (unpaired) electrons. The molecule has 0 aliphatic heterocycles. The summed E-state index contributed by atoms with van der Waals surface area (Å²) >= 11 is 0. The molecule has 0 atom stereocenters. The Balaban J connectivity index is 1.09. The molecule has 3 aromatic heterocycles. The Labute approximate surface area is 399 Å². The zero-order valence-corrected chi connectivity index (χ0v) is 34.7. The molecule has 0 amide bonds. The fraction of sp³-hybridized carbons (Fsp3) is 0.0847. The number of aryl methyl sites for hydroxylation is 1. The lowest BCUT2D eigenvalue weighted by Crippen LogP contribution is -2.32. The molecule has 5 nitrogen and oxygen atoms in total. The number of hydrogen-bond acceptors (Lipinski definition) is 2. The number of benzene rings is 8. The van der Waals surface area contributed by atoms with Gasteiger partial charge in [-0.2, -0.15) is 0 Å². The zero-order valence-electron chi connectivity index (χ0n) is 52.7. The van der Waals surface area contributed by atoms with Gasteiger partial charge in [-0.15, -0.1) is 0 Å². The van der Waals surface area contributed by atoms with Crippen molar-refractivity contribution in [2.24, 2.45) is 0 Å². The van der Waals surface area contributed by atoms with Crippen LogP contribution in [0.15, 0.2) is 206 Å². The van der Waals surface area contributed by atoms with Gasteiger partial charge in [0.2, 0.25) is 0 Å². The maximum Gasteiger partial charge on any atom is 0.269 e. The molecular formula is C59H46N4O. The first-order valence-electron chi connectivity index (χ1n) is 29.4. The molecule has 0 fully saturated rings. The first-order chi connectivity index (χ1) is 38.7. The van der Waals surface area contributed by atoms with Crippen LogP contribution >= 0.6 is 0 Å².